The first-order chi connectivity index (χ1) is 15.8. The Morgan fingerprint density at radius 3 is 2.36 bits per heavy atom. The van der Waals surface area contributed by atoms with E-state index in [0.29, 0.717) is 42.9 Å². The first kappa shape index (κ1) is 23.8. The van der Waals surface area contributed by atoms with Gasteiger partial charge in [-0.3, -0.25) is 19.7 Å². The van der Waals surface area contributed by atoms with E-state index in [2.05, 4.69) is 10.6 Å². The number of nitro benzene ring substituents is 1. The average molecular weight is 457 g/mol. The van der Waals surface area contributed by atoms with Crippen molar-refractivity contribution in [1.29, 1.82) is 0 Å². The molecule has 176 valence electrons. The summed E-state index contributed by atoms with van der Waals surface area (Å²) in [6.45, 7) is 0.186. The normalized spacial score (nSPS) is 17.6. The first-order valence-electron chi connectivity index (χ1n) is 10.6. The van der Waals surface area contributed by atoms with Crippen molar-refractivity contribution < 1.29 is 29.1 Å². The van der Waals surface area contributed by atoms with Crippen LogP contribution in [0.15, 0.2) is 36.4 Å². The highest BCUT2D eigenvalue weighted by atomic mass is 16.6. The minimum absolute atomic E-state index is 0.0144. The van der Waals surface area contributed by atoms with Crippen molar-refractivity contribution in [2.24, 2.45) is 5.92 Å². The van der Waals surface area contributed by atoms with Crippen molar-refractivity contribution in [2.45, 2.75) is 38.3 Å². The second-order valence-corrected chi connectivity index (χ2v) is 7.89. The number of hydrogen-bond acceptors (Lipinski definition) is 7. The van der Waals surface area contributed by atoms with E-state index in [1.165, 1.54) is 32.4 Å². The van der Waals surface area contributed by atoms with E-state index >= 15 is 0 Å². The van der Waals surface area contributed by atoms with Crippen molar-refractivity contribution in [2.75, 3.05) is 19.5 Å². The van der Waals surface area contributed by atoms with Gasteiger partial charge in [0.2, 0.25) is 0 Å². The molecule has 2 aromatic carbocycles. The molecule has 0 aliphatic heterocycles. The lowest BCUT2D eigenvalue weighted by Crippen LogP contribution is -2.30. The maximum Gasteiger partial charge on any atom is 0.306 e. The number of nitro groups is 1. The number of rotatable bonds is 9. The van der Waals surface area contributed by atoms with E-state index in [4.69, 9.17) is 9.47 Å². The van der Waals surface area contributed by atoms with Gasteiger partial charge in [0.05, 0.1) is 30.6 Å². The summed E-state index contributed by atoms with van der Waals surface area (Å²) >= 11 is 0. The summed E-state index contributed by atoms with van der Waals surface area (Å²) in [6.07, 6.45) is 2.36. The molecular formula is C23H27N3O7. The number of ether oxygens (including phenoxy) is 2. The van der Waals surface area contributed by atoms with Gasteiger partial charge in [-0.25, -0.2) is 0 Å². The number of carboxylic acid groups (broad SMARTS) is 1. The van der Waals surface area contributed by atoms with Crippen molar-refractivity contribution in [3.63, 3.8) is 0 Å². The van der Waals surface area contributed by atoms with E-state index in [-0.39, 0.29) is 29.8 Å². The molecule has 0 unspecified atom stereocenters. The number of carbonyl (C=O) groups is 2. The molecule has 0 spiro atoms. The van der Waals surface area contributed by atoms with Gasteiger partial charge in [-0.2, -0.15) is 0 Å². The molecule has 1 aliphatic rings. The van der Waals surface area contributed by atoms with Gasteiger partial charge in [-0.1, -0.05) is 6.07 Å². The zero-order chi connectivity index (χ0) is 24.0. The molecule has 0 saturated heterocycles. The van der Waals surface area contributed by atoms with Crippen LogP contribution in [0.3, 0.4) is 0 Å². The number of benzene rings is 2. The summed E-state index contributed by atoms with van der Waals surface area (Å²) in [5.41, 5.74) is 1.22. The summed E-state index contributed by atoms with van der Waals surface area (Å²) in [4.78, 5) is 34.9. The fraction of sp³-hybridized carbons (Fsp3) is 0.391. The summed E-state index contributed by atoms with van der Waals surface area (Å²) in [7, 11) is 3.05. The highest BCUT2D eigenvalue weighted by Gasteiger charge is 2.27. The van der Waals surface area contributed by atoms with Gasteiger partial charge >= 0.3 is 5.97 Å². The Morgan fingerprint density at radius 2 is 1.76 bits per heavy atom. The molecule has 0 atom stereocenters. The van der Waals surface area contributed by atoms with E-state index in [9.17, 15) is 24.8 Å². The number of carbonyl (C=O) groups excluding carboxylic acids is 1. The Kier molecular flexibility index (Phi) is 7.70. The molecule has 0 aromatic heterocycles. The predicted octanol–water partition coefficient (Wildman–Crippen LogP) is 3.60. The Balaban J connectivity index is 1.74. The van der Waals surface area contributed by atoms with Crippen LogP contribution in [-0.4, -0.2) is 42.2 Å². The van der Waals surface area contributed by atoms with Crippen LogP contribution in [-0.2, 0) is 11.3 Å². The van der Waals surface area contributed by atoms with Crippen LogP contribution in [0.25, 0.3) is 0 Å². The predicted molar refractivity (Wildman–Crippen MR) is 121 cm³/mol. The van der Waals surface area contributed by atoms with Gasteiger partial charge in [0.25, 0.3) is 11.6 Å². The van der Waals surface area contributed by atoms with Crippen molar-refractivity contribution in [3.05, 3.63) is 57.6 Å². The lowest BCUT2D eigenvalue weighted by atomic mass is 9.86. The monoisotopic (exact) mass is 457 g/mol. The quantitative estimate of drug-likeness (QED) is 0.383. The second-order valence-electron chi connectivity index (χ2n) is 7.89. The topological polar surface area (TPSA) is 140 Å². The van der Waals surface area contributed by atoms with Crippen LogP contribution in [0.2, 0.25) is 0 Å². The van der Waals surface area contributed by atoms with E-state index < -0.39 is 16.8 Å². The summed E-state index contributed by atoms with van der Waals surface area (Å²) in [5.74, 6) is -0.521. The maximum absolute atomic E-state index is 13.0. The molecule has 1 aliphatic carbocycles. The number of non-ortho nitro benzene ring substituents is 1. The summed E-state index contributed by atoms with van der Waals surface area (Å²) < 4.78 is 10.5. The van der Waals surface area contributed by atoms with Crippen LogP contribution in [0.5, 0.6) is 11.5 Å². The molecular weight excluding hydrogens is 430 g/mol. The molecule has 0 bridgehead atoms. The zero-order valence-corrected chi connectivity index (χ0v) is 18.5. The molecule has 2 aromatic rings. The lowest BCUT2D eigenvalue weighted by molar-refractivity contribution is -0.384. The minimum atomic E-state index is -0.793. The molecule has 3 rings (SSSR count). The number of hydrogen-bond donors (Lipinski definition) is 3. The van der Waals surface area contributed by atoms with Gasteiger partial charge in [-0.05, 0) is 49.4 Å². The van der Waals surface area contributed by atoms with Crippen molar-refractivity contribution >= 4 is 23.3 Å². The van der Waals surface area contributed by atoms with Crippen molar-refractivity contribution in [1.82, 2.24) is 5.32 Å². The maximum atomic E-state index is 13.0. The lowest BCUT2D eigenvalue weighted by Gasteiger charge is -2.28. The molecule has 0 radical (unpaired) electrons. The van der Waals surface area contributed by atoms with Crippen LogP contribution in [0.4, 0.5) is 11.4 Å². The third kappa shape index (κ3) is 5.91. The van der Waals surface area contributed by atoms with Gasteiger partial charge in [0.15, 0.2) is 11.5 Å². The number of carboxylic acids is 1. The molecule has 10 nitrogen and oxygen atoms in total. The highest BCUT2D eigenvalue weighted by molar-refractivity contribution is 6.00. The Morgan fingerprint density at radius 1 is 1.06 bits per heavy atom. The van der Waals surface area contributed by atoms with Crippen LogP contribution in [0, 0.1) is 16.0 Å². The molecule has 1 saturated carbocycles. The third-order valence-corrected chi connectivity index (χ3v) is 5.80. The number of methoxy groups -OCH3 is 2. The van der Waals surface area contributed by atoms with Gasteiger partial charge in [-0.15, -0.1) is 0 Å². The number of nitrogens with one attached hydrogen (secondary N) is 2. The fourth-order valence-electron chi connectivity index (χ4n) is 3.93. The fourth-order valence-corrected chi connectivity index (χ4v) is 3.93. The average Bonchev–Trinajstić information content (AvgIpc) is 2.82. The van der Waals surface area contributed by atoms with Gasteiger partial charge < -0.3 is 25.2 Å². The summed E-state index contributed by atoms with van der Waals surface area (Å²) in [6, 6.07) is 9.35. The molecule has 33 heavy (non-hydrogen) atoms. The van der Waals surface area contributed by atoms with E-state index in [1.54, 1.807) is 18.2 Å². The number of aliphatic carboxylic acids is 1. The Bertz CT molecular complexity index is 1030. The smallest absolute Gasteiger partial charge is 0.306 e. The molecule has 1 amide bonds. The number of anilines is 1. The van der Waals surface area contributed by atoms with Crippen LogP contribution in [0.1, 0.15) is 41.6 Å². The SMILES string of the molecule is COc1ccc(CNC(=O)c2cc([N+](=O)[O-])ccc2N[C@H]2CC[C@@H](C(=O)O)CC2)cc1OC. The third-order valence-electron chi connectivity index (χ3n) is 5.80. The van der Waals surface area contributed by atoms with Crippen LogP contribution >= 0.6 is 0 Å². The standard InChI is InChI=1S/C23H27N3O7/c1-32-20-10-3-14(11-21(20)33-2)13-24-22(27)18-12-17(26(30)31)8-9-19(18)25-16-6-4-15(5-7-16)23(28)29/h3,8-12,15-16,25H,4-7,13H2,1-2H3,(H,24,27)(H,28,29)/t15-,16+. The molecule has 10 heteroatoms. The van der Waals surface area contributed by atoms with Crippen LogP contribution < -0.4 is 20.1 Å². The Hall–Kier alpha value is -3.82. The number of nitrogens with zero attached hydrogens (tertiary/aromatic N) is 1. The van der Waals surface area contributed by atoms with E-state index in [1.807, 2.05) is 0 Å². The minimum Gasteiger partial charge on any atom is -0.493 e. The Labute approximate surface area is 191 Å². The van der Waals surface area contributed by atoms with Gasteiger partial charge in [0, 0.05) is 30.4 Å². The molecule has 1 fully saturated rings. The zero-order valence-electron chi connectivity index (χ0n) is 18.5. The highest BCUT2D eigenvalue weighted by Crippen LogP contribution is 2.30. The summed E-state index contributed by atoms with van der Waals surface area (Å²) in [5, 5.41) is 26.5. The molecule has 0 heterocycles. The molecule has 3 N–H and O–H groups in total. The largest absolute Gasteiger partial charge is 0.493 e. The van der Waals surface area contributed by atoms with E-state index in [0.717, 1.165) is 5.56 Å². The van der Waals surface area contributed by atoms with Gasteiger partial charge in [0.1, 0.15) is 0 Å². The van der Waals surface area contributed by atoms with Crippen molar-refractivity contribution in [3.8, 4) is 11.5 Å². The first-order valence-corrected chi connectivity index (χ1v) is 10.6. The number of amides is 1. The second kappa shape index (κ2) is 10.7.